The van der Waals surface area contributed by atoms with E-state index in [-0.39, 0.29) is 5.92 Å². The van der Waals surface area contributed by atoms with Crippen LogP contribution in [0.15, 0.2) is 0 Å². The topological polar surface area (TPSA) is 43.7 Å². The molecule has 0 aromatic carbocycles. The third-order valence-electron chi connectivity index (χ3n) is 3.15. The largest absolute Gasteiger partial charge is 0.368 e. The monoisotopic (exact) mass is 171 g/mol. The second kappa shape index (κ2) is 2.98. The Morgan fingerprint density at radius 2 is 1.75 bits per heavy atom. The van der Waals surface area contributed by atoms with Gasteiger partial charge in [-0.05, 0) is 31.7 Å². The van der Waals surface area contributed by atoms with Crippen LogP contribution in [0.3, 0.4) is 0 Å². The van der Waals surface area contributed by atoms with Crippen LogP contribution in [0.1, 0.15) is 12.8 Å². The maximum atomic E-state index is 9.18. The number of aliphatic hydroxyl groups excluding tert-OH is 1. The Kier molecular flexibility index (Phi) is 2.10. The van der Waals surface area contributed by atoms with Crippen molar-refractivity contribution in [1.29, 1.82) is 0 Å². The number of hydrogen-bond donors (Lipinski definition) is 2. The fourth-order valence-corrected chi connectivity index (χ4v) is 2.34. The molecule has 70 valence electrons. The molecule has 12 heavy (non-hydrogen) atoms. The second-order valence-corrected chi connectivity index (χ2v) is 4.31. The minimum Gasteiger partial charge on any atom is -0.368 e. The zero-order valence-electron chi connectivity index (χ0n) is 7.48. The quantitative estimate of drug-likeness (QED) is 0.582. The Balaban J connectivity index is 1.88. The maximum Gasteiger partial charge on any atom is 0.154 e. The number of hydrogen-bond acceptors (Lipinski definition) is 3. The SMILES string of the molecule is CN1CC(C(C(O)O)C2CC2)C1. The fraction of sp³-hybridized carbons (Fsp3) is 1.00. The predicted octanol–water partition coefficient (Wildman–Crippen LogP) is -0.115. The molecule has 2 fully saturated rings. The minimum atomic E-state index is -1.09. The molecule has 3 nitrogen and oxygen atoms in total. The highest BCUT2D eigenvalue weighted by atomic mass is 16.5. The summed E-state index contributed by atoms with van der Waals surface area (Å²) in [6.07, 6.45) is 1.31. The molecule has 0 amide bonds. The van der Waals surface area contributed by atoms with Crippen molar-refractivity contribution in [3.05, 3.63) is 0 Å². The smallest absolute Gasteiger partial charge is 0.154 e. The molecule has 2 rings (SSSR count). The molecule has 1 saturated carbocycles. The van der Waals surface area contributed by atoms with Gasteiger partial charge in [0.15, 0.2) is 6.29 Å². The van der Waals surface area contributed by atoms with E-state index in [2.05, 4.69) is 11.9 Å². The van der Waals surface area contributed by atoms with Crippen molar-refractivity contribution in [2.75, 3.05) is 20.1 Å². The van der Waals surface area contributed by atoms with Crippen molar-refractivity contribution in [2.45, 2.75) is 19.1 Å². The lowest BCUT2D eigenvalue weighted by Gasteiger charge is -2.42. The zero-order valence-corrected chi connectivity index (χ0v) is 7.48. The Labute approximate surface area is 73.0 Å². The van der Waals surface area contributed by atoms with Crippen molar-refractivity contribution >= 4 is 0 Å². The van der Waals surface area contributed by atoms with E-state index in [0.29, 0.717) is 11.8 Å². The van der Waals surface area contributed by atoms with Crippen LogP contribution >= 0.6 is 0 Å². The van der Waals surface area contributed by atoms with Crippen molar-refractivity contribution in [1.82, 2.24) is 4.90 Å². The zero-order chi connectivity index (χ0) is 8.72. The lowest BCUT2D eigenvalue weighted by atomic mass is 9.82. The molecule has 0 aromatic rings. The number of likely N-dealkylation sites (tertiary alicyclic amines) is 1. The van der Waals surface area contributed by atoms with Crippen molar-refractivity contribution in [2.24, 2.45) is 17.8 Å². The lowest BCUT2D eigenvalue weighted by Crippen LogP contribution is -2.50. The van der Waals surface area contributed by atoms with Crippen LogP contribution in [-0.2, 0) is 0 Å². The molecule has 1 aliphatic heterocycles. The van der Waals surface area contributed by atoms with Crippen LogP contribution in [0.5, 0.6) is 0 Å². The molecular formula is C9H17NO2. The van der Waals surface area contributed by atoms with Crippen molar-refractivity contribution in [3.63, 3.8) is 0 Å². The molecule has 0 bridgehead atoms. The molecule has 1 unspecified atom stereocenters. The third-order valence-corrected chi connectivity index (χ3v) is 3.15. The fourth-order valence-electron chi connectivity index (χ4n) is 2.34. The van der Waals surface area contributed by atoms with Crippen LogP contribution in [0.25, 0.3) is 0 Å². The van der Waals surface area contributed by atoms with Crippen LogP contribution < -0.4 is 0 Å². The summed E-state index contributed by atoms with van der Waals surface area (Å²) in [5.41, 5.74) is 0. The van der Waals surface area contributed by atoms with Gasteiger partial charge in [0, 0.05) is 19.0 Å². The summed E-state index contributed by atoms with van der Waals surface area (Å²) in [5.74, 6) is 1.28. The second-order valence-electron chi connectivity index (χ2n) is 4.31. The normalized spacial score (nSPS) is 29.0. The van der Waals surface area contributed by atoms with Crippen molar-refractivity contribution in [3.8, 4) is 0 Å². The summed E-state index contributed by atoms with van der Waals surface area (Å²) in [6.45, 7) is 2.08. The molecule has 1 heterocycles. The summed E-state index contributed by atoms with van der Waals surface area (Å²) in [7, 11) is 2.07. The van der Waals surface area contributed by atoms with Gasteiger partial charge < -0.3 is 15.1 Å². The number of aliphatic hydroxyl groups is 2. The molecule has 1 aliphatic carbocycles. The summed E-state index contributed by atoms with van der Waals surface area (Å²) >= 11 is 0. The number of nitrogens with zero attached hydrogens (tertiary/aromatic N) is 1. The highest BCUT2D eigenvalue weighted by molar-refractivity contribution is 4.92. The van der Waals surface area contributed by atoms with Gasteiger partial charge in [-0.15, -0.1) is 0 Å². The van der Waals surface area contributed by atoms with Gasteiger partial charge in [-0.3, -0.25) is 0 Å². The standard InChI is InChI=1S/C9H17NO2/c1-10-4-7(5-10)8(9(11)12)6-2-3-6/h6-9,11-12H,2-5H2,1H3. The molecule has 2 aliphatic rings. The van der Waals surface area contributed by atoms with Gasteiger partial charge in [-0.2, -0.15) is 0 Å². The van der Waals surface area contributed by atoms with Gasteiger partial charge in [0.05, 0.1) is 0 Å². The average Bonchev–Trinajstić information content (AvgIpc) is 2.67. The molecular weight excluding hydrogens is 154 g/mol. The van der Waals surface area contributed by atoms with Crippen LogP contribution in [0.4, 0.5) is 0 Å². The first-order chi connectivity index (χ1) is 5.68. The van der Waals surface area contributed by atoms with Gasteiger partial charge in [0.25, 0.3) is 0 Å². The van der Waals surface area contributed by atoms with E-state index in [9.17, 15) is 10.2 Å². The van der Waals surface area contributed by atoms with E-state index in [0.717, 1.165) is 13.1 Å². The summed E-state index contributed by atoms with van der Waals surface area (Å²) in [5, 5.41) is 18.4. The van der Waals surface area contributed by atoms with Crippen LogP contribution in [0, 0.1) is 17.8 Å². The van der Waals surface area contributed by atoms with E-state index in [1.807, 2.05) is 0 Å². The summed E-state index contributed by atoms with van der Waals surface area (Å²) < 4.78 is 0. The molecule has 0 spiro atoms. The van der Waals surface area contributed by atoms with Gasteiger partial charge in [0.2, 0.25) is 0 Å². The average molecular weight is 171 g/mol. The van der Waals surface area contributed by atoms with E-state index >= 15 is 0 Å². The minimum absolute atomic E-state index is 0.154. The Hall–Kier alpha value is -0.120. The first kappa shape index (κ1) is 8.48. The maximum absolute atomic E-state index is 9.18. The van der Waals surface area contributed by atoms with E-state index in [1.54, 1.807) is 0 Å². The van der Waals surface area contributed by atoms with E-state index < -0.39 is 6.29 Å². The van der Waals surface area contributed by atoms with E-state index in [4.69, 9.17) is 0 Å². The molecule has 3 heteroatoms. The van der Waals surface area contributed by atoms with Crippen LogP contribution in [-0.4, -0.2) is 41.5 Å². The van der Waals surface area contributed by atoms with Crippen LogP contribution in [0.2, 0.25) is 0 Å². The summed E-state index contributed by atoms with van der Waals surface area (Å²) in [4.78, 5) is 2.22. The highest BCUT2D eigenvalue weighted by Gasteiger charge is 2.43. The van der Waals surface area contributed by atoms with Gasteiger partial charge in [-0.25, -0.2) is 0 Å². The van der Waals surface area contributed by atoms with Gasteiger partial charge >= 0.3 is 0 Å². The van der Waals surface area contributed by atoms with Crippen molar-refractivity contribution < 1.29 is 10.2 Å². The van der Waals surface area contributed by atoms with Gasteiger partial charge in [0.1, 0.15) is 0 Å². The molecule has 2 N–H and O–H groups in total. The Morgan fingerprint density at radius 3 is 2.08 bits per heavy atom. The first-order valence-electron chi connectivity index (χ1n) is 4.73. The molecule has 1 atom stereocenters. The van der Waals surface area contributed by atoms with E-state index in [1.165, 1.54) is 12.8 Å². The molecule has 0 aromatic heterocycles. The molecule has 0 radical (unpaired) electrons. The Morgan fingerprint density at radius 1 is 1.17 bits per heavy atom. The molecule has 1 saturated heterocycles. The predicted molar refractivity (Wildman–Crippen MR) is 45.4 cm³/mol. The first-order valence-corrected chi connectivity index (χ1v) is 4.73. The third kappa shape index (κ3) is 1.49. The number of rotatable bonds is 3. The summed E-state index contributed by atoms with van der Waals surface area (Å²) in [6, 6.07) is 0. The highest BCUT2D eigenvalue weighted by Crippen LogP contribution is 2.44. The van der Waals surface area contributed by atoms with Gasteiger partial charge in [-0.1, -0.05) is 0 Å². The Bertz CT molecular complexity index is 160. The lowest BCUT2D eigenvalue weighted by molar-refractivity contribution is -0.127.